The summed E-state index contributed by atoms with van der Waals surface area (Å²) in [6.07, 6.45) is 0. The molecule has 13 heavy (non-hydrogen) atoms. The van der Waals surface area contributed by atoms with Gasteiger partial charge in [-0.25, -0.2) is 0 Å². The van der Waals surface area contributed by atoms with Crippen molar-refractivity contribution in [3.8, 4) is 0 Å². The number of hydrazine groups is 1. The standard InChI is InChI=1S/C7H9N3OS2/c1-4-2-3-13-5(4)6(11)9-10-7(8)12/h2-3H,1H3,(H,9,11)(H3,8,10,12). The van der Waals surface area contributed by atoms with E-state index in [1.165, 1.54) is 11.3 Å². The molecular weight excluding hydrogens is 206 g/mol. The van der Waals surface area contributed by atoms with Crippen molar-refractivity contribution in [3.63, 3.8) is 0 Å². The Balaban J connectivity index is 2.59. The fourth-order valence-electron chi connectivity index (χ4n) is 0.780. The average molecular weight is 215 g/mol. The lowest BCUT2D eigenvalue weighted by molar-refractivity contribution is 0.0947. The Labute approximate surface area is 85.1 Å². The number of hydrogen-bond acceptors (Lipinski definition) is 3. The summed E-state index contributed by atoms with van der Waals surface area (Å²) in [5.74, 6) is -0.222. The predicted molar refractivity (Wildman–Crippen MR) is 56.4 cm³/mol. The minimum Gasteiger partial charge on any atom is -0.375 e. The Morgan fingerprint density at radius 3 is 2.77 bits per heavy atom. The van der Waals surface area contributed by atoms with Gasteiger partial charge in [-0.2, -0.15) is 0 Å². The van der Waals surface area contributed by atoms with Crippen molar-refractivity contribution >= 4 is 34.6 Å². The molecule has 4 nitrogen and oxygen atoms in total. The van der Waals surface area contributed by atoms with Crippen LogP contribution < -0.4 is 16.6 Å². The van der Waals surface area contributed by atoms with Gasteiger partial charge in [0.05, 0.1) is 4.88 Å². The van der Waals surface area contributed by atoms with Gasteiger partial charge in [-0.05, 0) is 36.2 Å². The molecule has 0 aliphatic rings. The van der Waals surface area contributed by atoms with Gasteiger partial charge in [0.2, 0.25) is 0 Å². The summed E-state index contributed by atoms with van der Waals surface area (Å²) >= 11 is 5.90. The molecule has 0 unspecified atom stereocenters. The van der Waals surface area contributed by atoms with Crippen molar-refractivity contribution < 1.29 is 4.79 Å². The highest BCUT2D eigenvalue weighted by Gasteiger charge is 2.09. The zero-order chi connectivity index (χ0) is 9.84. The third-order valence-electron chi connectivity index (χ3n) is 1.37. The van der Waals surface area contributed by atoms with E-state index in [4.69, 9.17) is 5.73 Å². The van der Waals surface area contributed by atoms with Crippen LogP contribution in [0, 0.1) is 6.92 Å². The van der Waals surface area contributed by atoms with Crippen LogP contribution >= 0.6 is 23.6 Å². The quantitative estimate of drug-likeness (QED) is 0.472. The van der Waals surface area contributed by atoms with Crippen LogP contribution in [0.25, 0.3) is 0 Å². The van der Waals surface area contributed by atoms with E-state index in [2.05, 4.69) is 23.1 Å². The highest BCUT2D eigenvalue weighted by molar-refractivity contribution is 7.80. The summed E-state index contributed by atoms with van der Waals surface area (Å²) < 4.78 is 0. The Morgan fingerprint density at radius 1 is 1.62 bits per heavy atom. The molecule has 0 spiro atoms. The van der Waals surface area contributed by atoms with Gasteiger partial charge in [0.1, 0.15) is 0 Å². The van der Waals surface area contributed by atoms with Gasteiger partial charge in [0.25, 0.3) is 5.91 Å². The average Bonchev–Trinajstić information content (AvgIpc) is 2.47. The third kappa shape index (κ3) is 2.67. The number of amides is 1. The molecular formula is C7H9N3OS2. The molecule has 0 aliphatic heterocycles. The van der Waals surface area contributed by atoms with Crippen molar-refractivity contribution in [2.24, 2.45) is 5.73 Å². The number of nitrogens with two attached hydrogens (primary N) is 1. The monoisotopic (exact) mass is 215 g/mol. The van der Waals surface area contributed by atoms with Crippen LogP contribution in [0.3, 0.4) is 0 Å². The lowest BCUT2D eigenvalue weighted by atomic mass is 10.3. The molecule has 1 amide bonds. The molecule has 1 aromatic heterocycles. The summed E-state index contributed by atoms with van der Waals surface area (Å²) in [6.45, 7) is 1.87. The molecule has 0 radical (unpaired) electrons. The summed E-state index contributed by atoms with van der Waals surface area (Å²) in [4.78, 5) is 12.0. The van der Waals surface area contributed by atoms with Gasteiger partial charge in [0, 0.05) is 0 Å². The molecule has 4 N–H and O–H groups in total. The lowest BCUT2D eigenvalue weighted by Crippen LogP contribution is -2.44. The molecule has 70 valence electrons. The maximum absolute atomic E-state index is 11.4. The SMILES string of the molecule is Cc1ccsc1C(=O)NNC(N)=S. The second-order valence-corrected chi connectivity index (χ2v) is 3.73. The Kier molecular flexibility index (Phi) is 3.21. The van der Waals surface area contributed by atoms with E-state index in [9.17, 15) is 4.79 Å². The topological polar surface area (TPSA) is 67.2 Å². The highest BCUT2D eigenvalue weighted by Crippen LogP contribution is 2.14. The van der Waals surface area contributed by atoms with Crippen LogP contribution in [0.2, 0.25) is 0 Å². The molecule has 6 heteroatoms. The second kappa shape index (κ2) is 4.20. The van der Waals surface area contributed by atoms with Crippen molar-refractivity contribution in [1.29, 1.82) is 0 Å². The minimum absolute atomic E-state index is 0.0440. The molecule has 0 saturated heterocycles. The number of aryl methyl sites for hydroxylation is 1. The summed E-state index contributed by atoms with van der Waals surface area (Å²) in [6, 6.07) is 1.88. The first kappa shape index (κ1) is 9.94. The normalized spacial score (nSPS) is 9.31. The number of nitrogens with one attached hydrogen (secondary N) is 2. The fraction of sp³-hybridized carbons (Fsp3) is 0.143. The summed E-state index contributed by atoms with van der Waals surface area (Å²) in [7, 11) is 0. The zero-order valence-electron chi connectivity index (χ0n) is 6.96. The van der Waals surface area contributed by atoms with E-state index >= 15 is 0 Å². The van der Waals surface area contributed by atoms with E-state index in [-0.39, 0.29) is 11.0 Å². The number of carbonyl (C=O) groups is 1. The first-order chi connectivity index (χ1) is 6.11. The second-order valence-electron chi connectivity index (χ2n) is 2.38. The van der Waals surface area contributed by atoms with Gasteiger partial charge < -0.3 is 5.73 Å². The number of hydrogen-bond donors (Lipinski definition) is 3. The maximum atomic E-state index is 11.4. The maximum Gasteiger partial charge on any atom is 0.279 e. The number of thiocarbonyl (C=S) groups is 1. The van der Waals surface area contributed by atoms with Crippen LogP contribution in [-0.4, -0.2) is 11.0 Å². The molecule has 1 heterocycles. The number of carbonyl (C=O) groups excluding carboxylic acids is 1. The van der Waals surface area contributed by atoms with Crippen LogP contribution in [0.1, 0.15) is 15.2 Å². The molecule has 0 fully saturated rings. The van der Waals surface area contributed by atoms with Crippen molar-refractivity contribution in [2.45, 2.75) is 6.92 Å². The lowest BCUT2D eigenvalue weighted by Gasteiger charge is -2.04. The molecule has 0 bridgehead atoms. The van der Waals surface area contributed by atoms with Crippen LogP contribution in [0.5, 0.6) is 0 Å². The van der Waals surface area contributed by atoms with Gasteiger partial charge in [-0.15, -0.1) is 11.3 Å². The van der Waals surface area contributed by atoms with Crippen molar-refractivity contribution in [1.82, 2.24) is 10.9 Å². The molecule has 0 aromatic carbocycles. The van der Waals surface area contributed by atoms with E-state index in [0.717, 1.165) is 5.56 Å². The Morgan fingerprint density at radius 2 is 2.31 bits per heavy atom. The summed E-state index contributed by atoms with van der Waals surface area (Å²) in [5, 5.41) is 1.90. The van der Waals surface area contributed by atoms with Gasteiger partial charge in [-0.3, -0.25) is 15.6 Å². The summed E-state index contributed by atoms with van der Waals surface area (Å²) in [5.41, 5.74) is 10.8. The largest absolute Gasteiger partial charge is 0.375 e. The van der Waals surface area contributed by atoms with Gasteiger partial charge in [0.15, 0.2) is 5.11 Å². The van der Waals surface area contributed by atoms with Gasteiger partial charge >= 0.3 is 0 Å². The van der Waals surface area contributed by atoms with Crippen LogP contribution in [0.15, 0.2) is 11.4 Å². The first-order valence-electron chi connectivity index (χ1n) is 3.51. The van der Waals surface area contributed by atoms with E-state index in [1.807, 2.05) is 18.4 Å². The molecule has 0 atom stereocenters. The van der Waals surface area contributed by atoms with Crippen molar-refractivity contribution in [3.05, 3.63) is 21.9 Å². The van der Waals surface area contributed by atoms with E-state index < -0.39 is 0 Å². The first-order valence-corrected chi connectivity index (χ1v) is 4.80. The van der Waals surface area contributed by atoms with E-state index in [1.54, 1.807) is 0 Å². The smallest absolute Gasteiger partial charge is 0.279 e. The molecule has 0 aliphatic carbocycles. The van der Waals surface area contributed by atoms with Crippen LogP contribution in [-0.2, 0) is 0 Å². The van der Waals surface area contributed by atoms with E-state index in [0.29, 0.717) is 4.88 Å². The van der Waals surface area contributed by atoms with Gasteiger partial charge in [-0.1, -0.05) is 0 Å². The Hall–Kier alpha value is -1.14. The molecule has 1 aromatic rings. The molecule has 0 saturated carbocycles. The highest BCUT2D eigenvalue weighted by atomic mass is 32.1. The number of rotatable bonds is 1. The Bertz CT molecular complexity index is 334. The minimum atomic E-state index is -0.222. The zero-order valence-corrected chi connectivity index (χ0v) is 8.59. The number of thiophene rings is 1. The van der Waals surface area contributed by atoms with Crippen LogP contribution in [0.4, 0.5) is 0 Å². The molecule has 1 rings (SSSR count). The predicted octanol–water partition coefficient (Wildman–Crippen LogP) is 0.535. The van der Waals surface area contributed by atoms with Crippen molar-refractivity contribution in [2.75, 3.05) is 0 Å². The fourth-order valence-corrected chi connectivity index (χ4v) is 1.65. The third-order valence-corrected chi connectivity index (χ3v) is 2.48.